The van der Waals surface area contributed by atoms with E-state index in [0.717, 1.165) is 50.4 Å². The third kappa shape index (κ3) is 2.21. The predicted molar refractivity (Wildman–Crippen MR) is 72.8 cm³/mol. The number of benzene rings is 1. The van der Waals surface area contributed by atoms with Crippen LogP contribution in [0.25, 0.3) is 0 Å². The summed E-state index contributed by atoms with van der Waals surface area (Å²) >= 11 is 0. The fourth-order valence-electron chi connectivity index (χ4n) is 3.15. The molecule has 1 N–H and O–H groups in total. The van der Waals surface area contributed by atoms with Gasteiger partial charge in [-0.05, 0) is 31.9 Å². The number of anilines is 1. The van der Waals surface area contributed by atoms with Crippen molar-refractivity contribution in [2.24, 2.45) is 5.41 Å². The van der Waals surface area contributed by atoms with Crippen molar-refractivity contribution in [3.8, 4) is 0 Å². The maximum absolute atomic E-state index is 11.3. The van der Waals surface area contributed by atoms with Crippen LogP contribution in [0.3, 0.4) is 0 Å². The largest absolute Gasteiger partial charge is 0.478 e. The number of aryl methyl sites for hydroxylation is 1. The molecule has 0 amide bonds. The van der Waals surface area contributed by atoms with Gasteiger partial charge < -0.3 is 14.7 Å². The van der Waals surface area contributed by atoms with Crippen LogP contribution in [0.4, 0.5) is 5.69 Å². The highest BCUT2D eigenvalue weighted by Gasteiger charge is 2.44. The average molecular weight is 261 g/mol. The van der Waals surface area contributed by atoms with Gasteiger partial charge in [0, 0.05) is 31.7 Å². The van der Waals surface area contributed by atoms with Crippen molar-refractivity contribution in [1.29, 1.82) is 0 Å². The van der Waals surface area contributed by atoms with Crippen molar-refractivity contribution >= 4 is 11.7 Å². The van der Waals surface area contributed by atoms with Crippen LogP contribution in [0.15, 0.2) is 18.2 Å². The first kappa shape index (κ1) is 12.5. The third-order valence-corrected chi connectivity index (χ3v) is 4.33. The number of hydrogen-bond acceptors (Lipinski definition) is 3. The monoisotopic (exact) mass is 261 g/mol. The lowest BCUT2D eigenvalue weighted by molar-refractivity contribution is -0.000298. The molecule has 2 aliphatic rings. The maximum atomic E-state index is 11.3. The Morgan fingerprint density at radius 1 is 1.32 bits per heavy atom. The summed E-state index contributed by atoms with van der Waals surface area (Å²) in [6.45, 7) is 5.52. The van der Waals surface area contributed by atoms with E-state index in [1.165, 1.54) is 0 Å². The summed E-state index contributed by atoms with van der Waals surface area (Å²) in [6, 6.07) is 5.67. The Morgan fingerprint density at radius 3 is 2.63 bits per heavy atom. The van der Waals surface area contributed by atoms with Crippen molar-refractivity contribution in [1.82, 2.24) is 0 Å². The van der Waals surface area contributed by atoms with Crippen molar-refractivity contribution in [3.05, 3.63) is 29.3 Å². The highest BCUT2D eigenvalue weighted by Crippen LogP contribution is 2.43. The Balaban J connectivity index is 1.79. The highest BCUT2D eigenvalue weighted by molar-refractivity contribution is 5.95. The summed E-state index contributed by atoms with van der Waals surface area (Å²) in [5, 5.41) is 9.31. The first-order chi connectivity index (χ1) is 9.10. The number of carbonyl (C=O) groups is 1. The Hall–Kier alpha value is -1.55. The number of hydrogen-bond donors (Lipinski definition) is 1. The molecule has 1 spiro atoms. The zero-order chi connectivity index (χ0) is 13.5. The van der Waals surface area contributed by atoms with Crippen molar-refractivity contribution in [2.75, 3.05) is 31.2 Å². The van der Waals surface area contributed by atoms with E-state index in [2.05, 4.69) is 4.90 Å². The lowest BCUT2D eigenvalue weighted by Gasteiger charge is -2.53. The van der Waals surface area contributed by atoms with Crippen molar-refractivity contribution < 1.29 is 14.6 Å². The molecular formula is C15H19NO3. The standard InChI is InChI=1S/C15H19NO3/c1-11-2-3-13(12(8-11)14(17)18)16-9-15(10-16)4-6-19-7-5-15/h2-3,8H,4-7,9-10H2,1H3,(H,17,18). The summed E-state index contributed by atoms with van der Waals surface area (Å²) < 4.78 is 5.41. The molecule has 19 heavy (non-hydrogen) atoms. The summed E-state index contributed by atoms with van der Waals surface area (Å²) in [7, 11) is 0. The summed E-state index contributed by atoms with van der Waals surface area (Å²) in [5.41, 5.74) is 2.62. The lowest BCUT2D eigenvalue weighted by Crippen LogP contribution is -2.58. The second-order valence-electron chi connectivity index (χ2n) is 5.79. The molecule has 0 unspecified atom stereocenters. The zero-order valence-corrected chi connectivity index (χ0v) is 11.2. The van der Waals surface area contributed by atoms with E-state index >= 15 is 0 Å². The minimum Gasteiger partial charge on any atom is -0.478 e. The van der Waals surface area contributed by atoms with Crippen LogP contribution in [0, 0.1) is 12.3 Å². The summed E-state index contributed by atoms with van der Waals surface area (Å²) in [6.07, 6.45) is 2.19. The quantitative estimate of drug-likeness (QED) is 0.887. The van der Waals surface area contributed by atoms with Gasteiger partial charge in [-0.15, -0.1) is 0 Å². The molecule has 2 fully saturated rings. The molecule has 0 saturated carbocycles. The Labute approximate surface area is 113 Å². The molecule has 0 radical (unpaired) electrons. The van der Waals surface area contributed by atoms with Gasteiger partial charge in [-0.1, -0.05) is 11.6 Å². The fourth-order valence-corrected chi connectivity index (χ4v) is 3.15. The smallest absolute Gasteiger partial charge is 0.337 e. The van der Waals surface area contributed by atoms with Gasteiger partial charge in [-0.2, -0.15) is 0 Å². The number of aromatic carboxylic acids is 1. The number of ether oxygens (including phenoxy) is 1. The first-order valence-corrected chi connectivity index (χ1v) is 6.76. The average Bonchev–Trinajstić information content (AvgIpc) is 2.37. The molecule has 0 aliphatic carbocycles. The molecule has 2 heterocycles. The van der Waals surface area contributed by atoms with Crippen LogP contribution < -0.4 is 4.90 Å². The molecule has 0 aromatic heterocycles. The third-order valence-electron chi connectivity index (χ3n) is 4.33. The van der Waals surface area contributed by atoms with E-state index in [4.69, 9.17) is 4.74 Å². The molecule has 1 aromatic carbocycles. The van der Waals surface area contributed by atoms with Crippen molar-refractivity contribution in [3.63, 3.8) is 0 Å². The van der Waals surface area contributed by atoms with E-state index < -0.39 is 5.97 Å². The number of carboxylic acid groups (broad SMARTS) is 1. The molecule has 2 aliphatic heterocycles. The van der Waals surface area contributed by atoms with Crippen LogP contribution in [-0.4, -0.2) is 37.4 Å². The molecule has 0 atom stereocenters. The Kier molecular flexibility index (Phi) is 2.97. The number of rotatable bonds is 2. The van der Waals surface area contributed by atoms with Gasteiger partial charge in [0.05, 0.1) is 11.3 Å². The van der Waals surface area contributed by atoms with Crippen molar-refractivity contribution in [2.45, 2.75) is 19.8 Å². The minimum absolute atomic E-state index is 0.360. The summed E-state index contributed by atoms with van der Waals surface area (Å²) in [5.74, 6) is -0.841. The normalized spacial score (nSPS) is 21.2. The van der Waals surface area contributed by atoms with Gasteiger partial charge in [0.2, 0.25) is 0 Å². The second kappa shape index (κ2) is 4.53. The SMILES string of the molecule is Cc1ccc(N2CC3(CCOCC3)C2)c(C(=O)O)c1. The number of carboxylic acids is 1. The molecule has 3 rings (SSSR count). The van der Waals surface area contributed by atoms with Gasteiger partial charge in [0.25, 0.3) is 0 Å². The van der Waals surface area contributed by atoms with E-state index in [0.29, 0.717) is 11.0 Å². The van der Waals surface area contributed by atoms with Gasteiger partial charge in [-0.3, -0.25) is 0 Å². The molecule has 1 aromatic rings. The Bertz CT molecular complexity index is 498. The van der Waals surface area contributed by atoms with E-state index in [9.17, 15) is 9.90 Å². The van der Waals surface area contributed by atoms with Gasteiger partial charge in [-0.25, -0.2) is 4.79 Å². The van der Waals surface area contributed by atoms with Gasteiger partial charge >= 0.3 is 5.97 Å². The fraction of sp³-hybridized carbons (Fsp3) is 0.533. The molecule has 102 valence electrons. The van der Waals surface area contributed by atoms with E-state index in [1.807, 2.05) is 19.1 Å². The summed E-state index contributed by atoms with van der Waals surface area (Å²) in [4.78, 5) is 13.5. The topological polar surface area (TPSA) is 49.8 Å². The first-order valence-electron chi connectivity index (χ1n) is 6.76. The van der Waals surface area contributed by atoms with Crippen LogP contribution in [0.5, 0.6) is 0 Å². The van der Waals surface area contributed by atoms with E-state index in [-0.39, 0.29) is 0 Å². The molecular weight excluding hydrogens is 242 g/mol. The minimum atomic E-state index is -0.841. The molecule has 4 heteroatoms. The predicted octanol–water partition coefficient (Wildman–Crippen LogP) is 2.31. The maximum Gasteiger partial charge on any atom is 0.337 e. The van der Waals surface area contributed by atoms with Crippen LogP contribution in [0.2, 0.25) is 0 Å². The molecule has 0 bridgehead atoms. The van der Waals surface area contributed by atoms with Gasteiger partial charge in [0.15, 0.2) is 0 Å². The van der Waals surface area contributed by atoms with E-state index in [1.54, 1.807) is 6.07 Å². The molecule has 4 nitrogen and oxygen atoms in total. The number of nitrogens with zero attached hydrogens (tertiary/aromatic N) is 1. The molecule has 2 saturated heterocycles. The van der Waals surface area contributed by atoms with Crippen LogP contribution in [0.1, 0.15) is 28.8 Å². The lowest BCUT2D eigenvalue weighted by atomic mass is 9.73. The Morgan fingerprint density at radius 2 is 2.00 bits per heavy atom. The second-order valence-corrected chi connectivity index (χ2v) is 5.79. The highest BCUT2D eigenvalue weighted by atomic mass is 16.5. The van der Waals surface area contributed by atoms with Crippen LogP contribution in [-0.2, 0) is 4.74 Å². The van der Waals surface area contributed by atoms with Crippen LogP contribution >= 0.6 is 0 Å². The zero-order valence-electron chi connectivity index (χ0n) is 11.2. The van der Waals surface area contributed by atoms with Gasteiger partial charge in [0.1, 0.15) is 0 Å².